The summed E-state index contributed by atoms with van der Waals surface area (Å²) in [4.78, 5) is 39.2. The lowest BCUT2D eigenvalue weighted by Crippen LogP contribution is -2.32. The lowest BCUT2D eigenvalue weighted by Gasteiger charge is -2.17. The fraction of sp³-hybridized carbons (Fsp3) is 0.276. The van der Waals surface area contributed by atoms with Crippen LogP contribution in [-0.4, -0.2) is 30.9 Å². The van der Waals surface area contributed by atoms with Crippen molar-refractivity contribution in [2.45, 2.75) is 33.7 Å². The van der Waals surface area contributed by atoms with Crippen molar-refractivity contribution in [3.63, 3.8) is 0 Å². The molecule has 4 rings (SSSR count). The number of aryl methyl sites for hydroxylation is 3. The molecular weight excluding hydrogens is 454 g/mol. The summed E-state index contributed by atoms with van der Waals surface area (Å²) in [6, 6.07) is 20.7. The fourth-order valence-corrected chi connectivity index (χ4v) is 4.28. The van der Waals surface area contributed by atoms with Gasteiger partial charge < -0.3 is 20.3 Å². The van der Waals surface area contributed by atoms with Crippen LogP contribution in [0.2, 0.25) is 0 Å². The summed E-state index contributed by atoms with van der Waals surface area (Å²) in [5, 5.41) is 5.81. The molecule has 0 radical (unpaired) electrons. The molecule has 36 heavy (non-hydrogen) atoms. The number of ether oxygens (including phenoxy) is 1. The molecule has 0 aliphatic carbocycles. The Bertz CT molecular complexity index is 1270. The Morgan fingerprint density at radius 1 is 0.972 bits per heavy atom. The van der Waals surface area contributed by atoms with Crippen molar-refractivity contribution in [1.82, 2.24) is 5.32 Å². The van der Waals surface area contributed by atoms with Crippen molar-refractivity contribution in [2.24, 2.45) is 5.92 Å². The maximum Gasteiger partial charge on any atom is 0.262 e. The molecule has 2 N–H and O–H groups in total. The zero-order valence-corrected chi connectivity index (χ0v) is 20.8. The first kappa shape index (κ1) is 25.0. The smallest absolute Gasteiger partial charge is 0.262 e. The van der Waals surface area contributed by atoms with E-state index in [-0.39, 0.29) is 30.7 Å². The second-order valence-corrected chi connectivity index (χ2v) is 9.20. The maximum absolute atomic E-state index is 12.7. The van der Waals surface area contributed by atoms with Gasteiger partial charge in [-0.15, -0.1) is 0 Å². The summed E-state index contributed by atoms with van der Waals surface area (Å²) < 4.78 is 5.61. The van der Waals surface area contributed by atoms with E-state index in [9.17, 15) is 14.4 Å². The zero-order valence-electron chi connectivity index (χ0n) is 20.8. The van der Waals surface area contributed by atoms with E-state index in [4.69, 9.17) is 4.74 Å². The lowest BCUT2D eigenvalue weighted by molar-refractivity contribution is -0.126. The number of anilines is 2. The van der Waals surface area contributed by atoms with Crippen LogP contribution in [-0.2, 0) is 20.9 Å². The molecule has 7 nitrogen and oxygen atoms in total. The highest BCUT2D eigenvalue weighted by molar-refractivity contribution is 6.00. The van der Waals surface area contributed by atoms with Gasteiger partial charge in [0, 0.05) is 30.9 Å². The number of nitrogens with zero attached hydrogens (tertiary/aromatic N) is 1. The number of carbonyl (C=O) groups is 3. The minimum absolute atomic E-state index is 0.0902. The summed E-state index contributed by atoms with van der Waals surface area (Å²) in [5.74, 6) is -0.336. The highest BCUT2D eigenvalue weighted by Crippen LogP contribution is 2.27. The maximum atomic E-state index is 12.7. The molecule has 0 unspecified atom stereocenters. The minimum atomic E-state index is -0.397. The molecule has 3 aromatic carbocycles. The summed E-state index contributed by atoms with van der Waals surface area (Å²) >= 11 is 0. The molecule has 1 aliphatic rings. The molecule has 1 heterocycles. The van der Waals surface area contributed by atoms with E-state index in [1.165, 1.54) is 0 Å². The summed E-state index contributed by atoms with van der Waals surface area (Å²) in [7, 11) is 0. The topological polar surface area (TPSA) is 87.7 Å². The minimum Gasteiger partial charge on any atom is -0.484 e. The zero-order chi connectivity index (χ0) is 25.7. The molecule has 0 saturated carbocycles. The summed E-state index contributed by atoms with van der Waals surface area (Å²) in [6.07, 6.45) is 0.177. The quantitative estimate of drug-likeness (QED) is 0.498. The number of amides is 3. The van der Waals surface area contributed by atoms with Gasteiger partial charge in [-0.3, -0.25) is 14.4 Å². The molecule has 1 aliphatic heterocycles. The largest absolute Gasteiger partial charge is 0.484 e. The molecule has 3 amide bonds. The monoisotopic (exact) mass is 485 g/mol. The molecule has 3 aromatic rings. The first-order chi connectivity index (χ1) is 17.3. The van der Waals surface area contributed by atoms with Gasteiger partial charge in [0.05, 0.1) is 5.92 Å². The van der Waals surface area contributed by atoms with E-state index in [0.29, 0.717) is 24.5 Å². The van der Waals surface area contributed by atoms with Crippen LogP contribution in [0.15, 0.2) is 66.7 Å². The molecule has 1 atom stereocenters. The molecule has 0 spiro atoms. The van der Waals surface area contributed by atoms with Crippen molar-refractivity contribution in [3.05, 3.63) is 89.0 Å². The van der Waals surface area contributed by atoms with Crippen LogP contribution in [0.3, 0.4) is 0 Å². The van der Waals surface area contributed by atoms with Gasteiger partial charge >= 0.3 is 0 Å². The molecule has 0 aromatic heterocycles. The van der Waals surface area contributed by atoms with Crippen molar-refractivity contribution in [3.8, 4) is 5.75 Å². The van der Waals surface area contributed by atoms with Gasteiger partial charge in [0.15, 0.2) is 6.61 Å². The Morgan fingerprint density at radius 3 is 2.44 bits per heavy atom. The number of carbonyl (C=O) groups excluding carboxylic acids is 3. The number of hydrogen-bond acceptors (Lipinski definition) is 4. The number of nitrogens with one attached hydrogen (secondary N) is 2. The van der Waals surface area contributed by atoms with Gasteiger partial charge in [-0.05, 0) is 67.8 Å². The molecule has 1 fully saturated rings. The van der Waals surface area contributed by atoms with E-state index >= 15 is 0 Å². The van der Waals surface area contributed by atoms with E-state index in [1.54, 1.807) is 29.2 Å². The Morgan fingerprint density at radius 2 is 1.72 bits per heavy atom. The molecular formula is C29H31N3O4. The van der Waals surface area contributed by atoms with Crippen molar-refractivity contribution in [1.29, 1.82) is 0 Å². The van der Waals surface area contributed by atoms with Crippen LogP contribution in [0.1, 0.15) is 28.7 Å². The third-order valence-corrected chi connectivity index (χ3v) is 6.38. The van der Waals surface area contributed by atoms with Gasteiger partial charge in [0.1, 0.15) is 5.75 Å². The number of benzene rings is 3. The van der Waals surface area contributed by atoms with Crippen LogP contribution in [0, 0.1) is 26.7 Å². The Kier molecular flexibility index (Phi) is 7.68. The first-order valence-electron chi connectivity index (χ1n) is 12.0. The fourth-order valence-electron chi connectivity index (χ4n) is 4.28. The van der Waals surface area contributed by atoms with E-state index in [0.717, 1.165) is 27.9 Å². The van der Waals surface area contributed by atoms with Gasteiger partial charge in [-0.25, -0.2) is 0 Å². The van der Waals surface area contributed by atoms with E-state index in [1.807, 2.05) is 63.2 Å². The van der Waals surface area contributed by atoms with Gasteiger partial charge in [-0.2, -0.15) is 0 Å². The highest BCUT2D eigenvalue weighted by Gasteiger charge is 2.35. The molecule has 1 saturated heterocycles. The summed E-state index contributed by atoms with van der Waals surface area (Å²) in [6.45, 7) is 6.60. The van der Waals surface area contributed by atoms with E-state index < -0.39 is 5.92 Å². The van der Waals surface area contributed by atoms with Crippen LogP contribution in [0.5, 0.6) is 5.75 Å². The van der Waals surface area contributed by atoms with Crippen LogP contribution in [0.4, 0.5) is 11.4 Å². The predicted octanol–water partition coefficient (Wildman–Crippen LogP) is 4.30. The number of hydrogen-bond donors (Lipinski definition) is 2. The van der Waals surface area contributed by atoms with Crippen LogP contribution in [0.25, 0.3) is 0 Å². The average Bonchev–Trinajstić information content (AvgIpc) is 3.26. The Hall–Kier alpha value is -4.13. The van der Waals surface area contributed by atoms with Crippen molar-refractivity contribution < 1.29 is 19.1 Å². The normalized spacial score (nSPS) is 15.0. The van der Waals surface area contributed by atoms with Crippen LogP contribution < -0.4 is 20.3 Å². The Labute approximate surface area is 211 Å². The predicted molar refractivity (Wildman–Crippen MR) is 140 cm³/mol. The standard InChI is InChI=1S/C29H31N3O4/c1-19-8-13-26(21(3)14-19)31-27(33)18-36-25-11-9-24(10-12-25)32-17-23(15-28(32)34)29(35)30-16-22-7-5-4-6-20(22)2/h4-14,23H,15-18H2,1-3H3,(H,30,35)(H,31,33)/t23-/m0/s1. The molecule has 186 valence electrons. The van der Waals surface area contributed by atoms with Crippen molar-refractivity contribution >= 4 is 29.1 Å². The highest BCUT2D eigenvalue weighted by atomic mass is 16.5. The lowest BCUT2D eigenvalue weighted by atomic mass is 10.1. The van der Waals surface area contributed by atoms with Gasteiger partial charge in [0.25, 0.3) is 5.91 Å². The van der Waals surface area contributed by atoms with E-state index in [2.05, 4.69) is 10.6 Å². The average molecular weight is 486 g/mol. The third kappa shape index (κ3) is 6.10. The second-order valence-electron chi connectivity index (χ2n) is 9.20. The first-order valence-corrected chi connectivity index (χ1v) is 12.0. The van der Waals surface area contributed by atoms with Gasteiger partial charge in [-0.1, -0.05) is 42.0 Å². The SMILES string of the molecule is Cc1ccc(NC(=O)COc2ccc(N3C[C@@H](C(=O)NCc4ccccc4C)CC3=O)cc2)c(C)c1. The third-order valence-electron chi connectivity index (χ3n) is 6.38. The number of rotatable bonds is 8. The second kappa shape index (κ2) is 11.1. The Balaban J connectivity index is 1.28. The van der Waals surface area contributed by atoms with Crippen molar-refractivity contribution in [2.75, 3.05) is 23.4 Å². The molecule has 7 heteroatoms. The molecule has 0 bridgehead atoms. The van der Waals surface area contributed by atoms with Gasteiger partial charge in [0.2, 0.25) is 11.8 Å². The summed E-state index contributed by atoms with van der Waals surface area (Å²) in [5.41, 5.74) is 5.76. The van der Waals surface area contributed by atoms with Crippen LogP contribution >= 0.6 is 0 Å².